The van der Waals surface area contributed by atoms with E-state index in [1.54, 1.807) is 12.1 Å². The number of benzene rings is 1. The molecule has 3 heterocycles. The Morgan fingerprint density at radius 2 is 2.00 bits per heavy atom. The number of Topliss-reactive ketones (excluding diaryl/α,β-unsaturated/α-hetero) is 1. The summed E-state index contributed by atoms with van der Waals surface area (Å²) in [4.78, 5) is 13.7. The second-order valence-corrected chi connectivity index (χ2v) is 8.43. The lowest BCUT2D eigenvalue weighted by atomic mass is 10.2. The standard InChI is InChI=1S/C21H18FN3O2S2/c1-13-10-17(14(2)25(13)11-15-5-7-16(22)8-6-15)18(26)12-29-21-24-23-20(27-21)19-4-3-9-28-19/h3-10H,11-12H2,1-2H3. The van der Waals surface area contributed by atoms with Crippen molar-refractivity contribution in [1.82, 2.24) is 14.8 Å². The van der Waals surface area contributed by atoms with Gasteiger partial charge in [0, 0.05) is 23.5 Å². The van der Waals surface area contributed by atoms with E-state index in [1.165, 1.54) is 35.2 Å². The van der Waals surface area contributed by atoms with Gasteiger partial charge in [-0.2, -0.15) is 0 Å². The molecule has 0 bridgehead atoms. The molecule has 4 rings (SSSR count). The molecular formula is C21H18FN3O2S2. The van der Waals surface area contributed by atoms with Crippen LogP contribution in [0.2, 0.25) is 0 Å². The van der Waals surface area contributed by atoms with Crippen LogP contribution in [0, 0.1) is 19.7 Å². The van der Waals surface area contributed by atoms with Gasteiger partial charge in [0.1, 0.15) is 5.82 Å². The number of carbonyl (C=O) groups is 1. The number of aryl methyl sites for hydroxylation is 1. The average molecular weight is 428 g/mol. The molecule has 5 nitrogen and oxygen atoms in total. The summed E-state index contributed by atoms with van der Waals surface area (Å²) in [6.07, 6.45) is 0. The summed E-state index contributed by atoms with van der Waals surface area (Å²) in [6, 6.07) is 12.1. The van der Waals surface area contributed by atoms with Crippen molar-refractivity contribution in [2.75, 3.05) is 5.75 Å². The first-order valence-corrected chi connectivity index (χ1v) is 10.8. The molecule has 29 heavy (non-hydrogen) atoms. The highest BCUT2D eigenvalue weighted by molar-refractivity contribution is 7.99. The molecule has 1 aromatic carbocycles. The SMILES string of the molecule is Cc1cc(C(=O)CSc2nnc(-c3cccs3)o2)c(C)n1Cc1ccc(F)cc1. The predicted octanol–water partition coefficient (Wildman–Crippen LogP) is 5.38. The summed E-state index contributed by atoms with van der Waals surface area (Å²) >= 11 is 2.76. The highest BCUT2D eigenvalue weighted by atomic mass is 32.2. The minimum atomic E-state index is -0.258. The lowest BCUT2D eigenvalue weighted by Gasteiger charge is -2.10. The number of halogens is 1. The smallest absolute Gasteiger partial charge is 0.277 e. The first-order chi connectivity index (χ1) is 14.0. The van der Waals surface area contributed by atoms with Crippen molar-refractivity contribution in [3.05, 3.63) is 76.2 Å². The minimum absolute atomic E-state index is 0.00401. The maximum absolute atomic E-state index is 13.1. The van der Waals surface area contributed by atoms with Crippen LogP contribution in [0.4, 0.5) is 4.39 Å². The summed E-state index contributed by atoms with van der Waals surface area (Å²) in [5.41, 5.74) is 3.53. The van der Waals surface area contributed by atoms with Gasteiger partial charge in [-0.25, -0.2) is 4.39 Å². The van der Waals surface area contributed by atoms with Crippen molar-refractivity contribution >= 4 is 28.9 Å². The Bertz CT molecular complexity index is 1130. The third kappa shape index (κ3) is 4.33. The van der Waals surface area contributed by atoms with Crippen LogP contribution in [0.5, 0.6) is 0 Å². The van der Waals surface area contributed by atoms with Crippen molar-refractivity contribution in [1.29, 1.82) is 0 Å². The Hall–Kier alpha value is -2.71. The van der Waals surface area contributed by atoms with Crippen molar-refractivity contribution in [2.24, 2.45) is 0 Å². The lowest BCUT2D eigenvalue weighted by Crippen LogP contribution is -2.07. The zero-order valence-electron chi connectivity index (χ0n) is 15.9. The fourth-order valence-corrected chi connectivity index (χ4v) is 4.36. The topological polar surface area (TPSA) is 60.9 Å². The molecule has 4 aromatic rings. The quantitative estimate of drug-likeness (QED) is 0.293. The number of ketones is 1. The second kappa shape index (κ2) is 8.34. The summed E-state index contributed by atoms with van der Waals surface area (Å²) in [7, 11) is 0. The first-order valence-electron chi connectivity index (χ1n) is 8.96. The van der Waals surface area contributed by atoms with Crippen LogP contribution in [0.1, 0.15) is 27.3 Å². The molecule has 148 valence electrons. The van der Waals surface area contributed by atoms with Gasteiger partial charge < -0.3 is 8.98 Å². The Labute approximate surface area is 175 Å². The van der Waals surface area contributed by atoms with Crippen LogP contribution in [0.25, 0.3) is 10.8 Å². The maximum atomic E-state index is 13.1. The Kier molecular flexibility index (Phi) is 5.64. The number of thioether (sulfide) groups is 1. The molecule has 0 N–H and O–H groups in total. The third-order valence-corrected chi connectivity index (χ3v) is 6.27. The minimum Gasteiger partial charge on any atom is -0.410 e. The maximum Gasteiger partial charge on any atom is 0.277 e. The van der Waals surface area contributed by atoms with Gasteiger partial charge >= 0.3 is 0 Å². The van der Waals surface area contributed by atoms with Crippen molar-refractivity contribution in [2.45, 2.75) is 25.6 Å². The van der Waals surface area contributed by atoms with E-state index in [0.29, 0.717) is 23.2 Å². The number of aromatic nitrogens is 3. The zero-order valence-corrected chi connectivity index (χ0v) is 17.5. The van der Waals surface area contributed by atoms with Gasteiger partial charge in [-0.1, -0.05) is 30.0 Å². The molecule has 0 spiro atoms. The van der Waals surface area contributed by atoms with E-state index in [2.05, 4.69) is 14.8 Å². The van der Waals surface area contributed by atoms with E-state index in [-0.39, 0.29) is 17.4 Å². The van der Waals surface area contributed by atoms with Crippen LogP contribution in [-0.2, 0) is 6.54 Å². The molecule has 0 aliphatic rings. The number of carbonyl (C=O) groups excluding carboxylic acids is 1. The molecular weight excluding hydrogens is 409 g/mol. The summed E-state index contributed by atoms with van der Waals surface area (Å²) < 4.78 is 20.8. The Morgan fingerprint density at radius 1 is 1.21 bits per heavy atom. The largest absolute Gasteiger partial charge is 0.410 e. The summed E-state index contributed by atoms with van der Waals surface area (Å²) in [5.74, 6) is 0.426. The van der Waals surface area contributed by atoms with Crippen molar-refractivity contribution < 1.29 is 13.6 Å². The van der Waals surface area contributed by atoms with Gasteiger partial charge in [0.15, 0.2) is 5.78 Å². The number of thiophene rings is 1. The highest BCUT2D eigenvalue weighted by Gasteiger charge is 2.18. The Balaban J connectivity index is 1.44. The van der Waals surface area contributed by atoms with Gasteiger partial charge in [0.2, 0.25) is 0 Å². The van der Waals surface area contributed by atoms with Gasteiger partial charge in [-0.15, -0.1) is 21.5 Å². The van der Waals surface area contributed by atoms with Gasteiger partial charge in [-0.05, 0) is 49.1 Å². The molecule has 0 saturated carbocycles. The predicted molar refractivity (Wildman–Crippen MR) is 112 cm³/mol. The van der Waals surface area contributed by atoms with Gasteiger partial charge in [0.05, 0.1) is 10.6 Å². The van der Waals surface area contributed by atoms with Crippen LogP contribution >= 0.6 is 23.1 Å². The van der Waals surface area contributed by atoms with E-state index < -0.39 is 0 Å². The van der Waals surface area contributed by atoms with Gasteiger partial charge in [0.25, 0.3) is 11.1 Å². The average Bonchev–Trinajstić information content (AvgIpc) is 3.45. The van der Waals surface area contributed by atoms with E-state index in [9.17, 15) is 9.18 Å². The zero-order chi connectivity index (χ0) is 20.4. The number of nitrogens with zero attached hydrogens (tertiary/aromatic N) is 3. The molecule has 0 aliphatic heterocycles. The van der Waals surface area contributed by atoms with Crippen LogP contribution < -0.4 is 0 Å². The highest BCUT2D eigenvalue weighted by Crippen LogP contribution is 2.27. The Morgan fingerprint density at radius 3 is 2.72 bits per heavy atom. The molecule has 0 aliphatic carbocycles. The summed E-state index contributed by atoms with van der Waals surface area (Å²) in [6.45, 7) is 4.48. The van der Waals surface area contributed by atoms with E-state index >= 15 is 0 Å². The molecule has 0 amide bonds. The van der Waals surface area contributed by atoms with Crippen molar-refractivity contribution in [3.63, 3.8) is 0 Å². The van der Waals surface area contributed by atoms with Crippen LogP contribution in [0.15, 0.2) is 57.5 Å². The molecule has 8 heteroatoms. The first kappa shape index (κ1) is 19.6. The van der Waals surface area contributed by atoms with E-state index in [1.807, 2.05) is 37.4 Å². The number of hydrogen-bond acceptors (Lipinski definition) is 6. The number of hydrogen-bond donors (Lipinski definition) is 0. The van der Waals surface area contributed by atoms with Gasteiger partial charge in [-0.3, -0.25) is 4.79 Å². The van der Waals surface area contributed by atoms with Crippen LogP contribution in [-0.4, -0.2) is 26.3 Å². The van der Waals surface area contributed by atoms with Crippen molar-refractivity contribution in [3.8, 4) is 10.8 Å². The normalized spacial score (nSPS) is 11.1. The summed E-state index contributed by atoms with van der Waals surface area (Å²) in [5, 5.41) is 10.4. The van der Waals surface area contributed by atoms with Crippen LogP contribution in [0.3, 0.4) is 0 Å². The molecule has 0 radical (unpaired) electrons. The van der Waals surface area contributed by atoms with E-state index in [4.69, 9.17) is 4.42 Å². The van der Waals surface area contributed by atoms with E-state index in [0.717, 1.165) is 21.8 Å². The molecule has 0 fully saturated rings. The molecule has 0 saturated heterocycles. The fraction of sp³-hybridized carbons (Fsp3) is 0.190. The molecule has 0 unspecified atom stereocenters. The lowest BCUT2D eigenvalue weighted by molar-refractivity contribution is 0.102. The fourth-order valence-electron chi connectivity index (χ4n) is 3.07. The number of rotatable bonds is 7. The monoisotopic (exact) mass is 427 g/mol. The molecule has 0 atom stereocenters. The molecule has 3 aromatic heterocycles. The second-order valence-electron chi connectivity index (χ2n) is 6.56. The third-order valence-electron chi connectivity index (χ3n) is 4.59.